The number of hydrogen-bond acceptors (Lipinski definition) is 6. The maximum atomic E-state index is 14.7. The van der Waals surface area contributed by atoms with Crippen molar-refractivity contribution >= 4 is 5.69 Å². The van der Waals surface area contributed by atoms with Gasteiger partial charge in [-0.3, -0.25) is 4.90 Å². The predicted molar refractivity (Wildman–Crippen MR) is 136 cm³/mol. The Balaban J connectivity index is 1.18. The summed E-state index contributed by atoms with van der Waals surface area (Å²) in [5.74, 6) is 0.239. The number of anilines is 1. The summed E-state index contributed by atoms with van der Waals surface area (Å²) in [7, 11) is 0. The normalized spacial score (nSPS) is 15.2. The lowest BCUT2D eigenvalue weighted by Crippen LogP contribution is -2.47. The van der Waals surface area contributed by atoms with Crippen molar-refractivity contribution in [3.8, 4) is 11.5 Å². The van der Waals surface area contributed by atoms with Gasteiger partial charge in [0.25, 0.3) is 0 Å². The molecule has 1 saturated heterocycles. The fourth-order valence-electron chi connectivity index (χ4n) is 4.56. The Morgan fingerprint density at radius 2 is 1.50 bits per heavy atom. The molecular weight excluding hydrogens is 460 g/mol. The molecule has 1 N–H and O–H groups in total. The van der Waals surface area contributed by atoms with E-state index in [-0.39, 0.29) is 11.6 Å². The zero-order valence-electron chi connectivity index (χ0n) is 20.0. The Morgan fingerprint density at radius 1 is 0.806 bits per heavy atom. The average Bonchev–Trinajstić information content (AvgIpc) is 3.41. The van der Waals surface area contributed by atoms with Gasteiger partial charge >= 0.3 is 0 Å². The minimum atomic E-state index is -0.547. The summed E-state index contributed by atoms with van der Waals surface area (Å²) in [5, 5.41) is 11.8. The molecule has 186 valence electrons. The van der Waals surface area contributed by atoms with Crippen LogP contribution < -0.4 is 10.2 Å². The summed E-state index contributed by atoms with van der Waals surface area (Å²) in [6.45, 7) is 4.86. The predicted octanol–water partition coefficient (Wildman–Crippen LogP) is 4.91. The summed E-state index contributed by atoms with van der Waals surface area (Å²) < 4.78 is 34.7. The van der Waals surface area contributed by atoms with E-state index < -0.39 is 6.04 Å². The Labute approximate surface area is 209 Å². The van der Waals surface area contributed by atoms with Gasteiger partial charge in [-0.05, 0) is 49.8 Å². The Hall–Kier alpha value is -3.62. The van der Waals surface area contributed by atoms with Crippen LogP contribution in [0.2, 0.25) is 0 Å². The summed E-state index contributed by atoms with van der Waals surface area (Å²) in [6, 6.07) is 22.5. The van der Waals surface area contributed by atoms with Crippen LogP contribution in [0.1, 0.15) is 23.9 Å². The van der Waals surface area contributed by atoms with Gasteiger partial charge in [0.2, 0.25) is 11.8 Å². The monoisotopic (exact) mass is 489 g/mol. The second-order valence-corrected chi connectivity index (χ2v) is 8.85. The number of piperazine rings is 1. The molecule has 0 aliphatic carbocycles. The standard InChI is InChI=1S/C28H29F2N5O/c29-23-12-5-4-11-22(23)26(28-33-32-27(36-28)21-9-2-1-3-10-21)31-15-8-16-34-17-19-35(20-18-34)25-14-7-6-13-24(25)30/h1-7,9-14,26,31H,8,15-20H2. The molecule has 3 aromatic carbocycles. The molecule has 36 heavy (non-hydrogen) atoms. The van der Waals surface area contributed by atoms with Gasteiger partial charge in [-0.25, -0.2) is 8.78 Å². The first-order valence-corrected chi connectivity index (χ1v) is 12.3. The average molecular weight is 490 g/mol. The molecule has 0 radical (unpaired) electrons. The van der Waals surface area contributed by atoms with Gasteiger partial charge in [-0.2, -0.15) is 0 Å². The van der Waals surface area contributed by atoms with Crippen molar-refractivity contribution in [3.63, 3.8) is 0 Å². The summed E-state index contributed by atoms with van der Waals surface area (Å²) >= 11 is 0. The van der Waals surface area contributed by atoms with E-state index in [4.69, 9.17) is 4.42 Å². The van der Waals surface area contributed by atoms with Gasteiger partial charge in [0.05, 0.1) is 5.69 Å². The zero-order chi connectivity index (χ0) is 24.7. The molecule has 8 heteroatoms. The molecule has 1 fully saturated rings. The number of halogens is 2. The smallest absolute Gasteiger partial charge is 0.247 e. The highest BCUT2D eigenvalue weighted by Crippen LogP contribution is 2.27. The fourth-order valence-corrected chi connectivity index (χ4v) is 4.56. The van der Waals surface area contributed by atoms with Crippen LogP contribution in [0.5, 0.6) is 0 Å². The van der Waals surface area contributed by atoms with E-state index in [1.54, 1.807) is 24.3 Å². The van der Waals surface area contributed by atoms with Crippen LogP contribution in [-0.2, 0) is 0 Å². The lowest BCUT2D eigenvalue weighted by Gasteiger charge is -2.36. The van der Waals surface area contributed by atoms with Crippen molar-refractivity contribution in [3.05, 3.63) is 102 Å². The first-order chi connectivity index (χ1) is 17.7. The van der Waals surface area contributed by atoms with E-state index >= 15 is 0 Å². The summed E-state index contributed by atoms with van der Waals surface area (Å²) in [5.41, 5.74) is 1.96. The molecule has 1 unspecified atom stereocenters. The molecule has 0 saturated carbocycles. The van der Waals surface area contributed by atoms with Crippen LogP contribution in [-0.4, -0.2) is 54.4 Å². The minimum absolute atomic E-state index is 0.175. The fraction of sp³-hybridized carbons (Fsp3) is 0.286. The van der Waals surface area contributed by atoms with Gasteiger partial charge in [0.1, 0.15) is 17.7 Å². The Morgan fingerprint density at radius 3 is 2.25 bits per heavy atom. The molecule has 0 amide bonds. The molecule has 1 aliphatic rings. The van der Waals surface area contributed by atoms with Crippen LogP contribution >= 0.6 is 0 Å². The topological polar surface area (TPSA) is 57.4 Å². The zero-order valence-corrected chi connectivity index (χ0v) is 20.0. The van der Waals surface area contributed by atoms with Crippen molar-refractivity contribution in [2.24, 2.45) is 0 Å². The molecule has 1 atom stereocenters. The number of rotatable bonds is 9. The largest absolute Gasteiger partial charge is 0.419 e. The third kappa shape index (κ3) is 5.61. The third-order valence-electron chi connectivity index (χ3n) is 6.49. The Kier molecular flexibility index (Phi) is 7.64. The van der Waals surface area contributed by atoms with Crippen LogP contribution in [0, 0.1) is 11.6 Å². The molecule has 2 heterocycles. The minimum Gasteiger partial charge on any atom is -0.419 e. The highest BCUT2D eigenvalue weighted by Gasteiger charge is 2.24. The Bertz CT molecular complexity index is 1260. The summed E-state index contributed by atoms with van der Waals surface area (Å²) in [4.78, 5) is 4.47. The van der Waals surface area contributed by atoms with Gasteiger partial charge in [-0.1, -0.05) is 48.5 Å². The molecule has 0 bridgehead atoms. The van der Waals surface area contributed by atoms with Crippen molar-refractivity contribution in [1.29, 1.82) is 0 Å². The van der Waals surface area contributed by atoms with E-state index in [9.17, 15) is 8.78 Å². The molecular formula is C28H29F2N5O. The number of aromatic nitrogens is 2. The first kappa shape index (κ1) is 24.1. The highest BCUT2D eigenvalue weighted by atomic mass is 19.1. The maximum Gasteiger partial charge on any atom is 0.247 e. The van der Waals surface area contributed by atoms with E-state index in [2.05, 4.69) is 25.3 Å². The van der Waals surface area contributed by atoms with Crippen LogP contribution in [0.25, 0.3) is 11.5 Å². The van der Waals surface area contributed by atoms with E-state index in [0.29, 0.717) is 29.6 Å². The lowest BCUT2D eigenvalue weighted by molar-refractivity contribution is 0.252. The van der Waals surface area contributed by atoms with Crippen LogP contribution in [0.3, 0.4) is 0 Å². The van der Waals surface area contributed by atoms with E-state index in [0.717, 1.165) is 44.7 Å². The van der Waals surface area contributed by atoms with Crippen LogP contribution in [0.15, 0.2) is 83.3 Å². The maximum absolute atomic E-state index is 14.7. The highest BCUT2D eigenvalue weighted by molar-refractivity contribution is 5.52. The lowest BCUT2D eigenvalue weighted by atomic mass is 10.1. The third-order valence-corrected chi connectivity index (χ3v) is 6.49. The number of nitrogens with one attached hydrogen (secondary N) is 1. The number of hydrogen-bond donors (Lipinski definition) is 1. The number of nitrogens with zero attached hydrogens (tertiary/aromatic N) is 4. The molecule has 1 aromatic heterocycles. The van der Waals surface area contributed by atoms with Crippen molar-refractivity contribution < 1.29 is 13.2 Å². The molecule has 5 rings (SSSR count). The first-order valence-electron chi connectivity index (χ1n) is 12.3. The SMILES string of the molecule is Fc1ccccc1C(NCCCN1CCN(c2ccccc2F)CC1)c1nnc(-c2ccccc2)o1. The van der Waals surface area contributed by atoms with Crippen LogP contribution in [0.4, 0.5) is 14.5 Å². The van der Waals surface area contributed by atoms with Crippen molar-refractivity contribution in [1.82, 2.24) is 20.4 Å². The number of benzene rings is 3. The van der Waals surface area contributed by atoms with Gasteiger partial charge in [-0.15, -0.1) is 10.2 Å². The second kappa shape index (κ2) is 11.4. The molecule has 4 aromatic rings. The van der Waals surface area contributed by atoms with E-state index in [1.165, 1.54) is 12.1 Å². The summed E-state index contributed by atoms with van der Waals surface area (Å²) in [6.07, 6.45) is 0.865. The molecule has 6 nitrogen and oxygen atoms in total. The molecule has 1 aliphatic heterocycles. The molecule has 0 spiro atoms. The second-order valence-electron chi connectivity index (χ2n) is 8.85. The van der Waals surface area contributed by atoms with Crippen molar-refractivity contribution in [2.45, 2.75) is 12.5 Å². The quantitative estimate of drug-likeness (QED) is 0.338. The van der Waals surface area contributed by atoms with Gasteiger partial charge in [0.15, 0.2) is 0 Å². The van der Waals surface area contributed by atoms with Gasteiger partial charge in [0, 0.05) is 37.3 Å². The van der Waals surface area contributed by atoms with E-state index in [1.807, 2.05) is 42.5 Å². The van der Waals surface area contributed by atoms with Crippen molar-refractivity contribution in [2.75, 3.05) is 44.2 Å². The van der Waals surface area contributed by atoms with Gasteiger partial charge < -0.3 is 14.6 Å². The number of para-hydroxylation sites is 1.